The lowest BCUT2D eigenvalue weighted by atomic mass is 9.93. The first-order valence-corrected chi connectivity index (χ1v) is 7.77. The molecular weight excluding hydrogens is 240 g/mol. The fourth-order valence-electron chi connectivity index (χ4n) is 2.70. The zero-order valence-electron chi connectivity index (χ0n) is 11.9. The second-order valence-corrected chi connectivity index (χ2v) is 5.76. The topological polar surface area (TPSA) is 61.6 Å². The molecule has 1 saturated heterocycles. The fraction of sp³-hybridized carbons (Fsp3) is 0.929. The monoisotopic (exact) mass is 268 g/mol. The van der Waals surface area contributed by atoms with Gasteiger partial charge in [0.15, 0.2) is 0 Å². The van der Waals surface area contributed by atoms with E-state index in [2.05, 4.69) is 10.2 Å². The van der Waals surface area contributed by atoms with E-state index < -0.39 is 0 Å². The maximum Gasteiger partial charge on any atom is 0.317 e. The minimum absolute atomic E-state index is 0.147. The van der Waals surface area contributed by atoms with E-state index in [0.29, 0.717) is 6.04 Å². The van der Waals surface area contributed by atoms with E-state index in [1.54, 1.807) is 0 Å². The molecule has 0 aromatic heterocycles. The summed E-state index contributed by atoms with van der Waals surface area (Å²) in [5.41, 5.74) is 5.52. The van der Waals surface area contributed by atoms with Gasteiger partial charge in [-0.05, 0) is 58.2 Å². The van der Waals surface area contributed by atoms with Crippen molar-refractivity contribution in [1.29, 1.82) is 0 Å². The van der Waals surface area contributed by atoms with Crippen LogP contribution >= 0.6 is 0 Å². The molecule has 0 bridgehead atoms. The van der Waals surface area contributed by atoms with Crippen LogP contribution in [0.5, 0.6) is 0 Å². The normalized spacial score (nSPS) is 21.8. The van der Waals surface area contributed by atoms with Gasteiger partial charge in [-0.2, -0.15) is 0 Å². The minimum atomic E-state index is 0.147. The molecule has 1 heterocycles. The van der Waals surface area contributed by atoms with Gasteiger partial charge in [0.05, 0.1) is 0 Å². The van der Waals surface area contributed by atoms with Crippen LogP contribution in [0.4, 0.5) is 4.79 Å². The molecule has 2 amide bonds. The maximum atomic E-state index is 12.1. The van der Waals surface area contributed by atoms with Gasteiger partial charge in [0, 0.05) is 25.7 Å². The number of urea groups is 1. The summed E-state index contributed by atoms with van der Waals surface area (Å²) >= 11 is 0. The van der Waals surface area contributed by atoms with Crippen molar-refractivity contribution in [3.63, 3.8) is 0 Å². The van der Waals surface area contributed by atoms with Crippen molar-refractivity contribution in [2.45, 2.75) is 44.6 Å². The quantitative estimate of drug-likeness (QED) is 0.731. The minimum Gasteiger partial charge on any atom is -0.335 e. The molecule has 1 saturated carbocycles. The first kappa shape index (κ1) is 14.6. The van der Waals surface area contributed by atoms with E-state index >= 15 is 0 Å². The molecule has 0 aromatic rings. The zero-order valence-corrected chi connectivity index (χ0v) is 11.9. The predicted octanol–water partition coefficient (Wildman–Crippen LogP) is 0.995. The predicted molar refractivity (Wildman–Crippen MR) is 77.1 cm³/mol. The van der Waals surface area contributed by atoms with Crippen molar-refractivity contribution in [2.75, 3.05) is 39.3 Å². The molecule has 0 unspecified atom stereocenters. The molecule has 0 aromatic carbocycles. The average Bonchev–Trinajstić information content (AvgIpc) is 2.60. The van der Waals surface area contributed by atoms with Crippen molar-refractivity contribution in [3.05, 3.63) is 0 Å². The lowest BCUT2D eigenvalue weighted by Crippen LogP contribution is -2.48. The smallest absolute Gasteiger partial charge is 0.317 e. The third kappa shape index (κ3) is 4.66. The van der Waals surface area contributed by atoms with Gasteiger partial charge in [-0.15, -0.1) is 0 Å². The molecule has 0 spiro atoms. The highest BCUT2D eigenvalue weighted by molar-refractivity contribution is 5.74. The number of hydrogen-bond donors (Lipinski definition) is 2. The summed E-state index contributed by atoms with van der Waals surface area (Å²) in [5, 5.41) is 3.13. The van der Waals surface area contributed by atoms with E-state index in [-0.39, 0.29) is 6.03 Å². The molecule has 0 radical (unpaired) electrons. The molecule has 2 fully saturated rings. The number of carbonyl (C=O) groups excluding carboxylic acids is 1. The average molecular weight is 268 g/mol. The highest BCUT2D eigenvalue weighted by atomic mass is 16.2. The van der Waals surface area contributed by atoms with Crippen LogP contribution < -0.4 is 11.1 Å². The summed E-state index contributed by atoms with van der Waals surface area (Å²) < 4.78 is 0. The van der Waals surface area contributed by atoms with Crippen LogP contribution in [0.15, 0.2) is 0 Å². The van der Waals surface area contributed by atoms with Crippen molar-refractivity contribution < 1.29 is 4.79 Å². The lowest BCUT2D eigenvalue weighted by Gasteiger charge is -2.30. The first-order valence-electron chi connectivity index (χ1n) is 7.77. The van der Waals surface area contributed by atoms with E-state index in [4.69, 9.17) is 5.73 Å². The molecule has 3 N–H and O–H groups in total. The number of nitrogens with one attached hydrogen (secondary N) is 1. The van der Waals surface area contributed by atoms with Crippen LogP contribution in [0.1, 0.15) is 38.5 Å². The summed E-state index contributed by atoms with van der Waals surface area (Å²) in [6.07, 6.45) is 6.93. The molecular formula is C14H28N4O. The van der Waals surface area contributed by atoms with Gasteiger partial charge in [-0.25, -0.2) is 4.79 Å². The molecule has 5 heteroatoms. The summed E-state index contributed by atoms with van der Waals surface area (Å²) in [6, 6.07) is 0.588. The van der Waals surface area contributed by atoms with Crippen LogP contribution in [0.25, 0.3) is 0 Å². The molecule has 110 valence electrons. The first-order chi connectivity index (χ1) is 9.29. The second kappa shape index (κ2) is 7.70. The van der Waals surface area contributed by atoms with E-state index in [1.807, 2.05) is 4.90 Å². The summed E-state index contributed by atoms with van der Waals surface area (Å²) in [4.78, 5) is 16.6. The zero-order chi connectivity index (χ0) is 13.5. The number of carbonyl (C=O) groups is 1. The molecule has 1 aliphatic heterocycles. The van der Waals surface area contributed by atoms with E-state index in [0.717, 1.165) is 65.0 Å². The van der Waals surface area contributed by atoms with Gasteiger partial charge in [0.25, 0.3) is 0 Å². The number of nitrogens with two attached hydrogens (primary N) is 1. The van der Waals surface area contributed by atoms with Gasteiger partial charge in [0.1, 0.15) is 0 Å². The number of amides is 2. The van der Waals surface area contributed by atoms with E-state index in [9.17, 15) is 4.79 Å². The van der Waals surface area contributed by atoms with Crippen LogP contribution in [0.3, 0.4) is 0 Å². The van der Waals surface area contributed by atoms with Gasteiger partial charge in [-0.1, -0.05) is 0 Å². The Morgan fingerprint density at radius 1 is 1.11 bits per heavy atom. The number of rotatable bonds is 5. The Balaban J connectivity index is 1.68. The summed E-state index contributed by atoms with van der Waals surface area (Å²) in [6.45, 7) is 5.77. The van der Waals surface area contributed by atoms with Gasteiger partial charge in [-0.3, -0.25) is 0 Å². The van der Waals surface area contributed by atoms with Crippen LogP contribution in [0, 0.1) is 0 Å². The molecule has 1 aliphatic carbocycles. The highest BCUT2D eigenvalue weighted by Gasteiger charge is 2.24. The molecule has 0 atom stereocenters. The SMILES string of the molecule is NCCCCN1CCCN(C(=O)NC2CCC2)CC1. The van der Waals surface area contributed by atoms with Crippen molar-refractivity contribution >= 4 is 6.03 Å². The molecule has 19 heavy (non-hydrogen) atoms. The Morgan fingerprint density at radius 3 is 2.63 bits per heavy atom. The van der Waals surface area contributed by atoms with Crippen molar-refractivity contribution in [2.24, 2.45) is 5.73 Å². The molecule has 2 aliphatic rings. The number of hydrogen-bond acceptors (Lipinski definition) is 3. The summed E-state index contributed by atoms with van der Waals surface area (Å²) in [7, 11) is 0. The number of nitrogens with zero attached hydrogens (tertiary/aromatic N) is 2. The Kier molecular flexibility index (Phi) is 5.92. The van der Waals surface area contributed by atoms with Gasteiger partial charge >= 0.3 is 6.03 Å². The van der Waals surface area contributed by atoms with Gasteiger partial charge in [0.2, 0.25) is 0 Å². The highest BCUT2D eigenvalue weighted by Crippen LogP contribution is 2.18. The fourth-order valence-corrected chi connectivity index (χ4v) is 2.70. The Bertz CT molecular complexity index is 281. The third-order valence-corrected chi connectivity index (χ3v) is 4.24. The van der Waals surface area contributed by atoms with Crippen LogP contribution in [-0.2, 0) is 0 Å². The largest absolute Gasteiger partial charge is 0.335 e. The maximum absolute atomic E-state index is 12.1. The van der Waals surface area contributed by atoms with E-state index in [1.165, 1.54) is 12.8 Å². The van der Waals surface area contributed by atoms with Crippen LogP contribution in [0.2, 0.25) is 0 Å². The molecule has 2 rings (SSSR count). The lowest BCUT2D eigenvalue weighted by molar-refractivity contribution is 0.186. The van der Waals surface area contributed by atoms with Crippen molar-refractivity contribution in [3.8, 4) is 0 Å². The molecule has 5 nitrogen and oxygen atoms in total. The Morgan fingerprint density at radius 2 is 1.95 bits per heavy atom. The van der Waals surface area contributed by atoms with Crippen LogP contribution in [-0.4, -0.2) is 61.1 Å². The second-order valence-electron chi connectivity index (χ2n) is 5.76. The standard InChI is InChI=1S/C14H28N4O/c15-7-1-2-8-17-9-4-10-18(12-11-17)14(19)16-13-5-3-6-13/h13H,1-12,15H2,(H,16,19). The van der Waals surface area contributed by atoms with Gasteiger partial charge < -0.3 is 20.9 Å². The number of unbranched alkanes of at least 4 members (excludes halogenated alkanes) is 1. The third-order valence-electron chi connectivity index (χ3n) is 4.24. The summed E-state index contributed by atoms with van der Waals surface area (Å²) in [5.74, 6) is 0. The Labute approximate surface area is 116 Å². The Hall–Kier alpha value is -0.810. The van der Waals surface area contributed by atoms with Crippen molar-refractivity contribution in [1.82, 2.24) is 15.1 Å².